The summed E-state index contributed by atoms with van der Waals surface area (Å²) in [7, 11) is 0. The smallest absolute Gasteiger partial charge is 0.155 e. The number of aromatic nitrogens is 5. The largest absolute Gasteiger partial charge is 0.298 e. The summed E-state index contributed by atoms with van der Waals surface area (Å²) in [5, 5.41) is 11.6. The zero-order valence-electron chi connectivity index (χ0n) is 14.6. The molecule has 1 saturated heterocycles. The van der Waals surface area contributed by atoms with Crippen molar-refractivity contribution in [1.82, 2.24) is 29.9 Å². The summed E-state index contributed by atoms with van der Waals surface area (Å²) < 4.78 is 1.96. The Balaban J connectivity index is 1.41. The fourth-order valence-electron chi connectivity index (χ4n) is 3.62. The number of nitrogens with one attached hydrogen (secondary N) is 1. The Bertz CT molecular complexity index is 807. The molecule has 0 aliphatic carbocycles. The van der Waals surface area contributed by atoms with Gasteiger partial charge in [0, 0.05) is 31.4 Å². The van der Waals surface area contributed by atoms with Gasteiger partial charge in [-0.25, -0.2) is 4.98 Å². The van der Waals surface area contributed by atoms with Crippen LogP contribution in [0.3, 0.4) is 0 Å². The van der Waals surface area contributed by atoms with Crippen LogP contribution in [0.4, 0.5) is 0 Å². The SMILES string of the molecule is Cc1nc(C2CCCN(Cc3cccc(Cn4cccn4)c3)C2)n[nH]1. The van der Waals surface area contributed by atoms with Crippen LogP contribution >= 0.6 is 0 Å². The first-order chi connectivity index (χ1) is 12.3. The van der Waals surface area contributed by atoms with Crippen molar-refractivity contribution in [3.8, 4) is 0 Å². The van der Waals surface area contributed by atoms with Crippen molar-refractivity contribution >= 4 is 0 Å². The standard InChI is InChI=1S/C19H24N6/c1-15-21-19(23-22-15)18-7-3-9-24(14-18)12-16-5-2-6-17(11-16)13-25-10-4-8-20-25/h2,4-6,8,10-11,18H,3,7,9,12-14H2,1H3,(H,21,22,23). The van der Waals surface area contributed by atoms with Crippen LogP contribution in [0.25, 0.3) is 0 Å². The minimum Gasteiger partial charge on any atom is -0.298 e. The van der Waals surface area contributed by atoms with Crippen molar-refractivity contribution in [1.29, 1.82) is 0 Å². The maximum atomic E-state index is 4.53. The van der Waals surface area contributed by atoms with Crippen molar-refractivity contribution in [2.75, 3.05) is 13.1 Å². The van der Waals surface area contributed by atoms with E-state index in [1.807, 2.05) is 30.1 Å². The lowest BCUT2D eigenvalue weighted by Gasteiger charge is -2.31. The van der Waals surface area contributed by atoms with E-state index >= 15 is 0 Å². The van der Waals surface area contributed by atoms with Crippen LogP contribution in [0.1, 0.15) is 41.5 Å². The molecule has 2 aromatic heterocycles. The molecule has 0 amide bonds. The maximum Gasteiger partial charge on any atom is 0.155 e. The Labute approximate surface area is 147 Å². The minimum atomic E-state index is 0.436. The highest BCUT2D eigenvalue weighted by Crippen LogP contribution is 2.25. The fraction of sp³-hybridized carbons (Fsp3) is 0.421. The summed E-state index contributed by atoms with van der Waals surface area (Å²) >= 11 is 0. The molecule has 1 aliphatic heterocycles. The number of piperidine rings is 1. The molecule has 6 nitrogen and oxygen atoms in total. The van der Waals surface area contributed by atoms with Gasteiger partial charge in [0.05, 0.1) is 6.54 Å². The first-order valence-corrected chi connectivity index (χ1v) is 8.93. The third-order valence-electron chi connectivity index (χ3n) is 4.79. The Morgan fingerprint density at radius 3 is 2.84 bits per heavy atom. The fourth-order valence-corrected chi connectivity index (χ4v) is 3.62. The molecular weight excluding hydrogens is 312 g/mol. The third kappa shape index (κ3) is 3.96. The molecule has 0 spiro atoms. The van der Waals surface area contributed by atoms with Gasteiger partial charge in [-0.05, 0) is 43.5 Å². The second-order valence-corrected chi connectivity index (χ2v) is 6.88. The van der Waals surface area contributed by atoms with Gasteiger partial charge in [-0.15, -0.1) is 0 Å². The lowest BCUT2D eigenvalue weighted by molar-refractivity contribution is 0.196. The van der Waals surface area contributed by atoms with Crippen LogP contribution in [0.2, 0.25) is 0 Å². The molecule has 1 N–H and O–H groups in total. The summed E-state index contributed by atoms with van der Waals surface area (Å²) in [6.07, 6.45) is 6.20. The van der Waals surface area contributed by atoms with E-state index in [0.29, 0.717) is 5.92 Å². The van der Waals surface area contributed by atoms with Gasteiger partial charge in [-0.2, -0.15) is 10.2 Å². The number of hydrogen-bond donors (Lipinski definition) is 1. The third-order valence-corrected chi connectivity index (χ3v) is 4.79. The van der Waals surface area contributed by atoms with Gasteiger partial charge >= 0.3 is 0 Å². The quantitative estimate of drug-likeness (QED) is 0.778. The van der Waals surface area contributed by atoms with Crippen molar-refractivity contribution in [3.63, 3.8) is 0 Å². The maximum absolute atomic E-state index is 4.53. The van der Waals surface area contributed by atoms with E-state index in [2.05, 4.69) is 49.4 Å². The van der Waals surface area contributed by atoms with E-state index in [9.17, 15) is 0 Å². The van der Waals surface area contributed by atoms with E-state index in [1.165, 1.54) is 24.0 Å². The van der Waals surface area contributed by atoms with Crippen molar-refractivity contribution in [3.05, 3.63) is 65.5 Å². The normalized spacial score (nSPS) is 18.5. The molecule has 0 radical (unpaired) electrons. The lowest BCUT2D eigenvalue weighted by atomic mass is 9.97. The minimum absolute atomic E-state index is 0.436. The first kappa shape index (κ1) is 16.0. The van der Waals surface area contributed by atoms with Crippen molar-refractivity contribution in [2.24, 2.45) is 0 Å². The number of hydrogen-bond acceptors (Lipinski definition) is 4. The number of aromatic amines is 1. The van der Waals surface area contributed by atoms with Gasteiger partial charge in [-0.3, -0.25) is 14.7 Å². The number of rotatable bonds is 5. The second-order valence-electron chi connectivity index (χ2n) is 6.88. The summed E-state index contributed by atoms with van der Waals surface area (Å²) in [6.45, 7) is 5.93. The predicted octanol–water partition coefficient (Wildman–Crippen LogP) is 2.74. The van der Waals surface area contributed by atoms with Crippen LogP contribution < -0.4 is 0 Å². The molecule has 1 fully saturated rings. The Hall–Kier alpha value is -2.47. The first-order valence-electron chi connectivity index (χ1n) is 8.93. The predicted molar refractivity (Wildman–Crippen MR) is 96.1 cm³/mol. The lowest BCUT2D eigenvalue weighted by Crippen LogP contribution is -2.34. The molecule has 1 atom stereocenters. The molecule has 0 bridgehead atoms. The van der Waals surface area contributed by atoms with Crippen LogP contribution in [-0.4, -0.2) is 43.0 Å². The Morgan fingerprint density at radius 2 is 2.08 bits per heavy atom. The topological polar surface area (TPSA) is 62.6 Å². The number of aryl methyl sites for hydroxylation is 1. The number of nitrogens with zero attached hydrogens (tertiary/aromatic N) is 5. The van der Waals surface area contributed by atoms with E-state index in [0.717, 1.165) is 37.8 Å². The van der Waals surface area contributed by atoms with Crippen molar-refractivity contribution < 1.29 is 0 Å². The zero-order chi connectivity index (χ0) is 17.1. The Kier molecular flexibility index (Phi) is 4.61. The van der Waals surface area contributed by atoms with E-state index in [4.69, 9.17) is 0 Å². The van der Waals surface area contributed by atoms with Crippen LogP contribution in [-0.2, 0) is 13.1 Å². The summed E-state index contributed by atoms with van der Waals surface area (Å²) in [6, 6.07) is 10.8. The monoisotopic (exact) mass is 336 g/mol. The zero-order valence-corrected chi connectivity index (χ0v) is 14.6. The van der Waals surface area contributed by atoms with Gasteiger partial charge in [0.1, 0.15) is 5.82 Å². The number of H-pyrrole nitrogens is 1. The number of likely N-dealkylation sites (tertiary alicyclic amines) is 1. The van der Waals surface area contributed by atoms with E-state index in [1.54, 1.807) is 0 Å². The van der Waals surface area contributed by atoms with Crippen LogP contribution in [0, 0.1) is 6.92 Å². The molecule has 130 valence electrons. The molecular formula is C19H24N6. The van der Waals surface area contributed by atoms with Gasteiger partial charge in [0.15, 0.2) is 5.82 Å². The molecule has 25 heavy (non-hydrogen) atoms. The molecule has 3 heterocycles. The molecule has 1 unspecified atom stereocenters. The summed E-state index contributed by atoms with van der Waals surface area (Å²) in [5.41, 5.74) is 2.65. The number of benzene rings is 1. The van der Waals surface area contributed by atoms with E-state index in [-0.39, 0.29) is 0 Å². The van der Waals surface area contributed by atoms with Gasteiger partial charge in [0.2, 0.25) is 0 Å². The second kappa shape index (κ2) is 7.19. The summed E-state index contributed by atoms with van der Waals surface area (Å²) in [4.78, 5) is 7.05. The highest BCUT2D eigenvalue weighted by atomic mass is 15.3. The summed E-state index contributed by atoms with van der Waals surface area (Å²) in [5.74, 6) is 2.30. The highest BCUT2D eigenvalue weighted by molar-refractivity contribution is 5.24. The molecule has 4 rings (SSSR count). The molecule has 0 saturated carbocycles. The van der Waals surface area contributed by atoms with Gasteiger partial charge in [0.25, 0.3) is 0 Å². The molecule has 1 aromatic carbocycles. The van der Waals surface area contributed by atoms with Gasteiger partial charge in [-0.1, -0.05) is 24.3 Å². The van der Waals surface area contributed by atoms with Crippen molar-refractivity contribution in [2.45, 2.75) is 38.8 Å². The Morgan fingerprint density at radius 1 is 1.20 bits per heavy atom. The van der Waals surface area contributed by atoms with E-state index < -0.39 is 0 Å². The average Bonchev–Trinajstić information content (AvgIpc) is 3.27. The van der Waals surface area contributed by atoms with Crippen LogP contribution in [0.5, 0.6) is 0 Å². The average molecular weight is 336 g/mol. The molecule has 3 aromatic rings. The highest BCUT2D eigenvalue weighted by Gasteiger charge is 2.24. The van der Waals surface area contributed by atoms with Crippen LogP contribution in [0.15, 0.2) is 42.7 Å². The molecule has 1 aliphatic rings. The van der Waals surface area contributed by atoms with Gasteiger partial charge < -0.3 is 0 Å². The molecule has 6 heteroatoms.